The molecule has 112 valence electrons. The Hall–Kier alpha value is -2.51. The standard InChI is InChI=1S/C13H18N6O2/c1-8-14-5-9(11(20)17-8)6-15-12(21)10-16-7-19(18-10)13(2,3)4/h5,7H,6H2,1-4H3,(H,15,21)(H,14,17,20). The molecule has 8 heteroatoms. The van der Waals surface area contributed by atoms with Gasteiger partial charge in [0.25, 0.3) is 11.5 Å². The van der Waals surface area contributed by atoms with Crippen molar-refractivity contribution in [2.75, 3.05) is 0 Å². The largest absolute Gasteiger partial charge is 0.345 e. The lowest BCUT2D eigenvalue weighted by Gasteiger charge is -2.17. The first-order chi connectivity index (χ1) is 9.77. The van der Waals surface area contributed by atoms with E-state index >= 15 is 0 Å². The molecular formula is C13H18N6O2. The predicted molar refractivity (Wildman–Crippen MR) is 75.8 cm³/mol. The van der Waals surface area contributed by atoms with E-state index in [2.05, 4.69) is 25.4 Å². The van der Waals surface area contributed by atoms with Crippen LogP contribution in [0, 0.1) is 6.92 Å². The van der Waals surface area contributed by atoms with Crippen LogP contribution < -0.4 is 10.9 Å². The van der Waals surface area contributed by atoms with Gasteiger partial charge in [-0.05, 0) is 27.7 Å². The van der Waals surface area contributed by atoms with Gasteiger partial charge in [0.2, 0.25) is 5.82 Å². The Balaban J connectivity index is 2.05. The van der Waals surface area contributed by atoms with Crippen LogP contribution in [0.5, 0.6) is 0 Å². The average molecular weight is 290 g/mol. The Labute approximate surface area is 121 Å². The summed E-state index contributed by atoms with van der Waals surface area (Å²) in [6, 6.07) is 0. The molecule has 0 spiro atoms. The molecule has 2 heterocycles. The van der Waals surface area contributed by atoms with Crippen LogP contribution >= 0.6 is 0 Å². The maximum absolute atomic E-state index is 12.0. The summed E-state index contributed by atoms with van der Waals surface area (Å²) in [5.74, 6) is 0.167. The Bertz CT molecular complexity index is 710. The smallest absolute Gasteiger partial charge is 0.291 e. The van der Waals surface area contributed by atoms with Crippen LogP contribution in [-0.2, 0) is 12.1 Å². The minimum Gasteiger partial charge on any atom is -0.345 e. The summed E-state index contributed by atoms with van der Waals surface area (Å²) in [5.41, 5.74) is -0.135. The zero-order chi connectivity index (χ0) is 15.6. The fourth-order valence-corrected chi connectivity index (χ4v) is 1.58. The molecule has 8 nitrogen and oxygen atoms in total. The van der Waals surface area contributed by atoms with Gasteiger partial charge >= 0.3 is 0 Å². The topological polar surface area (TPSA) is 106 Å². The third-order valence-corrected chi connectivity index (χ3v) is 2.82. The van der Waals surface area contributed by atoms with Crippen molar-refractivity contribution in [2.45, 2.75) is 39.8 Å². The van der Waals surface area contributed by atoms with Gasteiger partial charge < -0.3 is 10.3 Å². The van der Waals surface area contributed by atoms with Gasteiger partial charge in [0, 0.05) is 6.20 Å². The van der Waals surface area contributed by atoms with Crippen LogP contribution in [0.3, 0.4) is 0 Å². The van der Waals surface area contributed by atoms with E-state index in [1.165, 1.54) is 12.5 Å². The highest BCUT2D eigenvalue weighted by atomic mass is 16.2. The Morgan fingerprint density at radius 2 is 2.10 bits per heavy atom. The summed E-state index contributed by atoms with van der Waals surface area (Å²) in [6.07, 6.45) is 2.95. The lowest BCUT2D eigenvalue weighted by atomic mass is 10.1. The van der Waals surface area contributed by atoms with Gasteiger partial charge in [-0.15, -0.1) is 5.10 Å². The molecule has 2 N–H and O–H groups in total. The van der Waals surface area contributed by atoms with Gasteiger partial charge in [0.05, 0.1) is 17.6 Å². The zero-order valence-electron chi connectivity index (χ0n) is 12.5. The summed E-state index contributed by atoms with van der Waals surface area (Å²) in [7, 11) is 0. The number of aryl methyl sites for hydroxylation is 1. The number of aromatic amines is 1. The second-order valence-electron chi connectivity index (χ2n) is 5.69. The number of carbonyl (C=O) groups excluding carboxylic acids is 1. The predicted octanol–water partition coefficient (Wildman–Crippen LogP) is 0.355. The zero-order valence-corrected chi connectivity index (χ0v) is 12.5. The monoisotopic (exact) mass is 290 g/mol. The van der Waals surface area contributed by atoms with Crippen molar-refractivity contribution in [3.05, 3.63) is 40.1 Å². The summed E-state index contributed by atoms with van der Waals surface area (Å²) in [5, 5.41) is 6.73. The molecule has 21 heavy (non-hydrogen) atoms. The van der Waals surface area contributed by atoms with Crippen molar-refractivity contribution in [2.24, 2.45) is 0 Å². The molecule has 0 aliphatic carbocycles. The van der Waals surface area contributed by atoms with Crippen molar-refractivity contribution in [3.63, 3.8) is 0 Å². The van der Waals surface area contributed by atoms with Gasteiger partial charge in [-0.3, -0.25) is 9.59 Å². The minimum absolute atomic E-state index is 0.0708. The first-order valence-electron chi connectivity index (χ1n) is 6.52. The summed E-state index contributed by atoms with van der Waals surface area (Å²) in [6.45, 7) is 7.64. The lowest BCUT2D eigenvalue weighted by molar-refractivity contribution is 0.0939. The summed E-state index contributed by atoms with van der Waals surface area (Å²) < 4.78 is 1.61. The molecule has 0 saturated heterocycles. The van der Waals surface area contributed by atoms with Crippen LogP contribution in [0.25, 0.3) is 0 Å². The van der Waals surface area contributed by atoms with Crippen LogP contribution in [0.4, 0.5) is 0 Å². The second kappa shape index (κ2) is 5.47. The molecule has 0 bridgehead atoms. The summed E-state index contributed by atoms with van der Waals surface area (Å²) in [4.78, 5) is 34.1. The molecule has 0 aliphatic rings. The van der Waals surface area contributed by atoms with Gasteiger partial charge in [0.15, 0.2) is 0 Å². The van der Waals surface area contributed by atoms with E-state index in [0.717, 1.165) is 0 Å². The van der Waals surface area contributed by atoms with E-state index in [4.69, 9.17) is 0 Å². The quantitative estimate of drug-likeness (QED) is 0.848. The number of H-pyrrole nitrogens is 1. The van der Waals surface area contributed by atoms with E-state index in [1.54, 1.807) is 11.6 Å². The molecule has 2 aromatic heterocycles. The molecule has 0 aromatic carbocycles. The van der Waals surface area contributed by atoms with Crippen molar-refractivity contribution < 1.29 is 4.79 Å². The fraction of sp³-hybridized carbons (Fsp3) is 0.462. The molecule has 1 amide bonds. The highest BCUT2D eigenvalue weighted by molar-refractivity contribution is 5.90. The molecule has 0 aliphatic heterocycles. The van der Waals surface area contributed by atoms with E-state index in [1.807, 2.05) is 20.8 Å². The van der Waals surface area contributed by atoms with Crippen LogP contribution in [0.1, 0.15) is 42.8 Å². The maximum atomic E-state index is 12.0. The normalized spacial score (nSPS) is 11.4. The number of carbonyl (C=O) groups is 1. The minimum atomic E-state index is -0.432. The molecule has 2 rings (SSSR count). The van der Waals surface area contributed by atoms with Crippen molar-refractivity contribution in [1.29, 1.82) is 0 Å². The third kappa shape index (κ3) is 3.53. The van der Waals surface area contributed by atoms with Gasteiger partial charge in [-0.2, -0.15) is 0 Å². The van der Waals surface area contributed by atoms with Crippen LogP contribution in [0.15, 0.2) is 17.3 Å². The maximum Gasteiger partial charge on any atom is 0.291 e. The highest BCUT2D eigenvalue weighted by Gasteiger charge is 2.18. The number of hydrogen-bond donors (Lipinski definition) is 2. The van der Waals surface area contributed by atoms with Crippen molar-refractivity contribution in [1.82, 2.24) is 30.0 Å². The highest BCUT2D eigenvalue weighted by Crippen LogP contribution is 2.10. The number of aromatic nitrogens is 5. The van der Waals surface area contributed by atoms with Gasteiger partial charge in [-0.1, -0.05) is 0 Å². The van der Waals surface area contributed by atoms with Crippen molar-refractivity contribution in [3.8, 4) is 0 Å². The van der Waals surface area contributed by atoms with Gasteiger partial charge in [-0.25, -0.2) is 14.6 Å². The Morgan fingerprint density at radius 3 is 2.67 bits per heavy atom. The number of rotatable bonds is 3. The molecular weight excluding hydrogens is 272 g/mol. The lowest BCUT2D eigenvalue weighted by Crippen LogP contribution is -2.29. The third-order valence-electron chi connectivity index (χ3n) is 2.82. The van der Waals surface area contributed by atoms with E-state index < -0.39 is 5.91 Å². The first-order valence-corrected chi connectivity index (χ1v) is 6.52. The Morgan fingerprint density at radius 1 is 1.38 bits per heavy atom. The second-order valence-corrected chi connectivity index (χ2v) is 5.69. The number of nitrogens with zero attached hydrogens (tertiary/aromatic N) is 4. The fourth-order valence-electron chi connectivity index (χ4n) is 1.58. The van der Waals surface area contributed by atoms with E-state index in [-0.39, 0.29) is 23.5 Å². The SMILES string of the molecule is Cc1ncc(CNC(=O)c2ncn(C(C)(C)C)n2)c(=O)[nH]1. The molecule has 0 radical (unpaired) electrons. The summed E-state index contributed by atoms with van der Waals surface area (Å²) >= 11 is 0. The van der Waals surface area contributed by atoms with E-state index in [9.17, 15) is 9.59 Å². The molecule has 0 saturated carbocycles. The van der Waals surface area contributed by atoms with Gasteiger partial charge in [0.1, 0.15) is 12.2 Å². The molecule has 2 aromatic rings. The number of nitrogens with one attached hydrogen (secondary N) is 2. The number of amides is 1. The number of hydrogen-bond acceptors (Lipinski definition) is 5. The molecule has 0 fully saturated rings. The Kier molecular flexibility index (Phi) is 3.88. The average Bonchev–Trinajstić information content (AvgIpc) is 2.87. The van der Waals surface area contributed by atoms with E-state index in [0.29, 0.717) is 11.4 Å². The van der Waals surface area contributed by atoms with Crippen LogP contribution in [0.2, 0.25) is 0 Å². The van der Waals surface area contributed by atoms with Crippen LogP contribution in [-0.4, -0.2) is 30.6 Å². The molecule has 0 atom stereocenters. The first kappa shape index (κ1) is 14.9. The van der Waals surface area contributed by atoms with Crippen molar-refractivity contribution >= 4 is 5.91 Å². The molecule has 0 unspecified atom stereocenters.